The number of hydrogen-bond donors (Lipinski definition) is 0. The molecule has 2 N–H and O–H groups in total. The van der Waals surface area contributed by atoms with Gasteiger partial charge in [0.15, 0.2) is 0 Å². The fourth-order valence-electron chi connectivity index (χ4n) is 0. The smallest absolute Gasteiger partial charge is 0 e. The van der Waals surface area contributed by atoms with E-state index in [9.17, 15) is 0 Å². The normalized spacial score (nSPS) is 0. The standard InChI is InChI=1S/Li.Mn.H2O.Ti.H/h;;1H2;;. The number of rotatable bonds is 0. The molecule has 0 aromatic rings. The SMILES string of the molecule is O.[LiH].[Mn].[Ti]. The summed E-state index contributed by atoms with van der Waals surface area (Å²) in [5, 5.41) is 0. The van der Waals surface area contributed by atoms with Crippen molar-refractivity contribution >= 4 is 18.9 Å². The van der Waals surface area contributed by atoms with Gasteiger partial charge in [-0.25, -0.2) is 0 Å². The summed E-state index contributed by atoms with van der Waals surface area (Å²) in [6.45, 7) is 0. The van der Waals surface area contributed by atoms with Gasteiger partial charge in [-0.3, -0.25) is 0 Å². The monoisotopic (exact) mass is 129 g/mol. The van der Waals surface area contributed by atoms with Crippen LogP contribution in [0.5, 0.6) is 0 Å². The van der Waals surface area contributed by atoms with Crippen LogP contribution in [0.3, 0.4) is 0 Å². The second kappa shape index (κ2) is 21.5. The van der Waals surface area contributed by atoms with E-state index in [1.54, 1.807) is 0 Å². The Morgan fingerprint density at radius 1 is 1.00 bits per heavy atom. The van der Waals surface area contributed by atoms with Crippen molar-refractivity contribution in [3.8, 4) is 0 Å². The first-order valence-electron chi connectivity index (χ1n) is 0. The summed E-state index contributed by atoms with van der Waals surface area (Å²) in [7, 11) is 0. The van der Waals surface area contributed by atoms with Crippen LogP contribution in [0.2, 0.25) is 0 Å². The molecular formula is H3LiMnOTi. The third kappa shape index (κ3) is 9.21. The Labute approximate surface area is 62.7 Å². The maximum absolute atomic E-state index is 0. The molecule has 0 aromatic heterocycles. The summed E-state index contributed by atoms with van der Waals surface area (Å²) in [5.41, 5.74) is 0. The van der Waals surface area contributed by atoms with Crippen molar-refractivity contribution in [3.05, 3.63) is 0 Å². The first kappa shape index (κ1) is 41.4. The van der Waals surface area contributed by atoms with Crippen molar-refractivity contribution in [1.29, 1.82) is 0 Å². The second-order valence-corrected chi connectivity index (χ2v) is 0. The van der Waals surface area contributed by atoms with Crippen LogP contribution in [0.4, 0.5) is 0 Å². The molecule has 0 saturated heterocycles. The van der Waals surface area contributed by atoms with Crippen LogP contribution in [-0.2, 0) is 38.8 Å². The Kier molecular flexibility index (Phi) is 222. The summed E-state index contributed by atoms with van der Waals surface area (Å²) < 4.78 is 0. The van der Waals surface area contributed by atoms with Gasteiger partial charge < -0.3 is 5.48 Å². The van der Waals surface area contributed by atoms with Crippen molar-refractivity contribution in [1.82, 2.24) is 0 Å². The maximum atomic E-state index is 0. The molecule has 0 heterocycles. The molecule has 4 heavy (non-hydrogen) atoms. The minimum absolute atomic E-state index is 0. The van der Waals surface area contributed by atoms with Gasteiger partial charge in [-0.15, -0.1) is 0 Å². The molecule has 4 heteroatoms. The minimum Gasteiger partial charge on any atom is 0 e. The Morgan fingerprint density at radius 2 is 1.00 bits per heavy atom. The molecule has 0 aliphatic rings. The third-order valence-corrected chi connectivity index (χ3v) is 0. The average Bonchev–Trinajstić information content (AvgIpc) is 0. The minimum atomic E-state index is 0. The zero-order chi connectivity index (χ0) is 0. The molecule has 0 atom stereocenters. The van der Waals surface area contributed by atoms with Crippen LogP contribution >= 0.6 is 0 Å². The second-order valence-electron chi connectivity index (χ2n) is 0. The Morgan fingerprint density at radius 3 is 1.00 bits per heavy atom. The predicted molar refractivity (Wildman–Crippen MR) is 10.8 cm³/mol. The van der Waals surface area contributed by atoms with Gasteiger partial charge in [0.1, 0.15) is 0 Å². The van der Waals surface area contributed by atoms with Gasteiger partial charge in [0.2, 0.25) is 0 Å². The summed E-state index contributed by atoms with van der Waals surface area (Å²) in [6.07, 6.45) is 0. The average molecular weight is 129 g/mol. The van der Waals surface area contributed by atoms with E-state index in [0.717, 1.165) is 0 Å². The molecule has 0 unspecified atom stereocenters. The molecule has 0 saturated carbocycles. The first-order valence-corrected chi connectivity index (χ1v) is 0. The van der Waals surface area contributed by atoms with Crippen LogP contribution in [0, 0.1) is 0 Å². The van der Waals surface area contributed by atoms with Crippen molar-refractivity contribution in [2.24, 2.45) is 0 Å². The zero-order valence-electron chi connectivity index (χ0n) is 1.38. The third-order valence-electron chi connectivity index (χ3n) is 0. The molecule has 0 spiro atoms. The van der Waals surface area contributed by atoms with Crippen LogP contribution in [0.1, 0.15) is 0 Å². The van der Waals surface area contributed by atoms with Gasteiger partial charge in [0.25, 0.3) is 0 Å². The molecule has 0 aliphatic heterocycles. The molecule has 0 amide bonds. The van der Waals surface area contributed by atoms with Gasteiger partial charge >= 0.3 is 18.9 Å². The van der Waals surface area contributed by atoms with Gasteiger partial charge in [-0.2, -0.15) is 0 Å². The van der Waals surface area contributed by atoms with Crippen molar-refractivity contribution in [2.45, 2.75) is 0 Å². The molecule has 0 fully saturated rings. The van der Waals surface area contributed by atoms with E-state index in [0.29, 0.717) is 0 Å². The molecule has 0 rings (SSSR count). The summed E-state index contributed by atoms with van der Waals surface area (Å²) in [4.78, 5) is 0. The topological polar surface area (TPSA) is 31.5 Å². The van der Waals surface area contributed by atoms with E-state index < -0.39 is 0 Å². The predicted octanol–water partition coefficient (Wildman–Crippen LogP) is -1.48. The number of hydrogen-bond acceptors (Lipinski definition) is 0. The maximum Gasteiger partial charge on any atom is 0 e. The van der Waals surface area contributed by atoms with Crippen LogP contribution < -0.4 is 0 Å². The Bertz CT molecular complexity index is 8.00. The molecule has 0 aromatic carbocycles. The van der Waals surface area contributed by atoms with Crippen molar-refractivity contribution < 1.29 is 44.3 Å². The van der Waals surface area contributed by atoms with Gasteiger partial charge in [0.05, 0.1) is 0 Å². The largest absolute Gasteiger partial charge is 0 e. The van der Waals surface area contributed by atoms with E-state index in [2.05, 4.69) is 0 Å². The van der Waals surface area contributed by atoms with E-state index in [-0.39, 0.29) is 63.1 Å². The van der Waals surface area contributed by atoms with E-state index >= 15 is 0 Å². The van der Waals surface area contributed by atoms with Crippen LogP contribution in [0.25, 0.3) is 0 Å². The molecule has 0 bridgehead atoms. The fourth-order valence-corrected chi connectivity index (χ4v) is 0. The molecular weight excluding hydrogens is 126 g/mol. The van der Waals surface area contributed by atoms with Gasteiger partial charge in [-0.05, 0) is 0 Å². The summed E-state index contributed by atoms with van der Waals surface area (Å²) >= 11 is 0. The Balaban J connectivity index is 0. The molecule has 0 aliphatic carbocycles. The van der Waals surface area contributed by atoms with Gasteiger partial charge in [0, 0.05) is 38.8 Å². The first-order chi connectivity index (χ1) is 0. The van der Waals surface area contributed by atoms with Gasteiger partial charge in [-0.1, -0.05) is 0 Å². The van der Waals surface area contributed by atoms with Crippen LogP contribution in [-0.4, -0.2) is 24.3 Å². The molecule has 1 nitrogen and oxygen atoms in total. The summed E-state index contributed by atoms with van der Waals surface area (Å²) in [6, 6.07) is 0. The molecule has 21 valence electrons. The van der Waals surface area contributed by atoms with Crippen molar-refractivity contribution in [3.63, 3.8) is 0 Å². The van der Waals surface area contributed by atoms with E-state index in [1.165, 1.54) is 0 Å². The quantitative estimate of drug-likeness (QED) is 0.357. The Hall–Kier alpha value is 1.79. The van der Waals surface area contributed by atoms with E-state index in [4.69, 9.17) is 0 Å². The van der Waals surface area contributed by atoms with Crippen LogP contribution in [0.15, 0.2) is 0 Å². The van der Waals surface area contributed by atoms with Crippen molar-refractivity contribution in [2.75, 3.05) is 0 Å². The van der Waals surface area contributed by atoms with E-state index in [1.807, 2.05) is 0 Å². The molecule has 1 radical (unpaired) electrons. The zero-order valence-corrected chi connectivity index (χ0v) is 4.12. The summed E-state index contributed by atoms with van der Waals surface area (Å²) in [5.74, 6) is 0. The fraction of sp³-hybridized carbons (Fsp3) is 0.